The van der Waals surface area contributed by atoms with Crippen LogP contribution in [0, 0.1) is 0 Å². The first-order chi connectivity index (χ1) is 7.60. The molecular formula is C12H26N2O2. The maximum Gasteiger partial charge on any atom is 0.322 e. The summed E-state index contributed by atoms with van der Waals surface area (Å²) in [5, 5.41) is 2.98. The van der Waals surface area contributed by atoms with E-state index in [9.17, 15) is 4.79 Å². The Bertz CT molecular complexity index is 193. The van der Waals surface area contributed by atoms with E-state index in [1.165, 1.54) is 7.11 Å². The molecule has 0 aromatic heterocycles. The molecule has 1 unspecified atom stereocenters. The molecule has 4 nitrogen and oxygen atoms in total. The number of carbonyl (C=O) groups excluding carboxylic acids is 1. The van der Waals surface area contributed by atoms with Crippen LogP contribution in [0.25, 0.3) is 0 Å². The average molecular weight is 230 g/mol. The zero-order valence-electron chi connectivity index (χ0n) is 11.2. The Morgan fingerprint density at radius 3 is 2.31 bits per heavy atom. The highest BCUT2D eigenvalue weighted by Crippen LogP contribution is 2.07. The highest BCUT2D eigenvalue weighted by Gasteiger charge is 2.18. The molecule has 0 spiro atoms. The molecule has 0 fully saturated rings. The molecule has 0 bridgehead atoms. The lowest BCUT2D eigenvalue weighted by molar-refractivity contribution is -0.143. The molecule has 0 heterocycles. The molecule has 1 N–H and O–H groups in total. The molecule has 1 atom stereocenters. The number of methoxy groups -OCH3 is 1. The second kappa shape index (κ2) is 8.53. The van der Waals surface area contributed by atoms with Gasteiger partial charge in [0.2, 0.25) is 0 Å². The van der Waals surface area contributed by atoms with Crippen LogP contribution in [-0.2, 0) is 9.53 Å². The lowest BCUT2D eigenvalue weighted by atomic mass is 10.1. The van der Waals surface area contributed by atoms with E-state index in [2.05, 4.69) is 31.1 Å². The Kier molecular flexibility index (Phi) is 8.21. The Morgan fingerprint density at radius 1 is 1.38 bits per heavy atom. The van der Waals surface area contributed by atoms with Gasteiger partial charge in [0.1, 0.15) is 6.04 Å². The van der Waals surface area contributed by atoms with Crippen molar-refractivity contribution in [2.24, 2.45) is 0 Å². The normalized spacial score (nSPS) is 13.2. The lowest BCUT2D eigenvalue weighted by Crippen LogP contribution is -2.40. The number of hydrogen-bond acceptors (Lipinski definition) is 4. The van der Waals surface area contributed by atoms with E-state index in [1.807, 2.05) is 0 Å². The Morgan fingerprint density at radius 2 is 1.94 bits per heavy atom. The van der Waals surface area contributed by atoms with Crippen molar-refractivity contribution in [2.75, 3.05) is 27.7 Å². The first-order valence-electron chi connectivity index (χ1n) is 6.05. The first-order valence-corrected chi connectivity index (χ1v) is 6.05. The van der Waals surface area contributed by atoms with Gasteiger partial charge in [-0.1, -0.05) is 13.8 Å². The van der Waals surface area contributed by atoms with Crippen LogP contribution in [0.5, 0.6) is 0 Å². The van der Waals surface area contributed by atoms with Gasteiger partial charge in [0.15, 0.2) is 0 Å². The zero-order valence-corrected chi connectivity index (χ0v) is 11.2. The quantitative estimate of drug-likeness (QED) is 0.637. The molecule has 0 aliphatic rings. The Labute approximate surface area is 99.3 Å². The summed E-state index contributed by atoms with van der Waals surface area (Å²) in [4.78, 5) is 13.7. The number of nitrogens with one attached hydrogen (secondary N) is 1. The minimum atomic E-state index is -0.193. The van der Waals surface area contributed by atoms with Gasteiger partial charge in [0, 0.05) is 12.6 Å². The molecule has 0 aliphatic heterocycles. The number of carbonyl (C=O) groups is 1. The fraction of sp³-hybridized carbons (Fsp3) is 0.917. The predicted molar refractivity (Wildman–Crippen MR) is 66.5 cm³/mol. The number of esters is 1. The van der Waals surface area contributed by atoms with Crippen molar-refractivity contribution in [1.29, 1.82) is 0 Å². The largest absolute Gasteiger partial charge is 0.468 e. The summed E-state index contributed by atoms with van der Waals surface area (Å²) < 4.78 is 4.73. The predicted octanol–water partition coefficient (Wildman–Crippen LogP) is 1.26. The van der Waals surface area contributed by atoms with Gasteiger partial charge in [-0.2, -0.15) is 0 Å². The van der Waals surface area contributed by atoms with Crippen LogP contribution < -0.4 is 5.32 Å². The van der Waals surface area contributed by atoms with Crippen molar-refractivity contribution in [3.63, 3.8) is 0 Å². The smallest absolute Gasteiger partial charge is 0.322 e. The van der Waals surface area contributed by atoms with Gasteiger partial charge in [-0.15, -0.1) is 0 Å². The van der Waals surface area contributed by atoms with Crippen LogP contribution in [-0.4, -0.2) is 50.7 Å². The van der Waals surface area contributed by atoms with E-state index in [-0.39, 0.29) is 12.0 Å². The van der Waals surface area contributed by atoms with Crippen LogP contribution in [0.4, 0.5) is 0 Å². The maximum absolute atomic E-state index is 11.4. The minimum Gasteiger partial charge on any atom is -0.468 e. The topological polar surface area (TPSA) is 41.6 Å². The van der Waals surface area contributed by atoms with Gasteiger partial charge in [0.25, 0.3) is 0 Å². The summed E-state index contributed by atoms with van der Waals surface area (Å²) in [5.74, 6) is -0.180. The van der Waals surface area contributed by atoms with Gasteiger partial charge in [-0.05, 0) is 33.4 Å². The van der Waals surface area contributed by atoms with Crippen LogP contribution in [0.15, 0.2) is 0 Å². The van der Waals surface area contributed by atoms with E-state index >= 15 is 0 Å². The summed E-state index contributed by atoms with van der Waals surface area (Å²) in [5.41, 5.74) is 0. The highest BCUT2D eigenvalue weighted by molar-refractivity contribution is 5.75. The summed E-state index contributed by atoms with van der Waals surface area (Å²) >= 11 is 0. The molecule has 16 heavy (non-hydrogen) atoms. The highest BCUT2D eigenvalue weighted by atomic mass is 16.5. The zero-order chi connectivity index (χ0) is 12.6. The van der Waals surface area contributed by atoms with E-state index in [4.69, 9.17) is 4.74 Å². The second-order valence-corrected chi connectivity index (χ2v) is 4.10. The first kappa shape index (κ1) is 15.4. The molecule has 0 aliphatic carbocycles. The molecular weight excluding hydrogens is 204 g/mol. The van der Waals surface area contributed by atoms with E-state index < -0.39 is 0 Å². The third kappa shape index (κ3) is 4.94. The van der Waals surface area contributed by atoms with Crippen molar-refractivity contribution in [1.82, 2.24) is 10.2 Å². The molecule has 0 aromatic carbocycles. The van der Waals surface area contributed by atoms with Crippen molar-refractivity contribution < 1.29 is 9.53 Å². The van der Waals surface area contributed by atoms with Gasteiger partial charge < -0.3 is 15.0 Å². The summed E-state index contributed by atoms with van der Waals surface area (Å²) in [7, 11) is 5.33. The number of rotatable bonds is 8. The van der Waals surface area contributed by atoms with Gasteiger partial charge >= 0.3 is 5.97 Å². The second-order valence-electron chi connectivity index (χ2n) is 4.10. The number of ether oxygens (including phenoxy) is 1. The number of nitrogens with zero attached hydrogens (tertiary/aromatic N) is 1. The average Bonchev–Trinajstić information content (AvgIpc) is 2.31. The molecule has 0 amide bonds. The molecule has 0 saturated carbocycles. The monoisotopic (exact) mass is 230 g/mol. The molecule has 0 radical (unpaired) electrons. The summed E-state index contributed by atoms with van der Waals surface area (Å²) in [6.45, 7) is 5.30. The number of likely N-dealkylation sites (N-methyl/N-ethyl adjacent to an activating group) is 1. The molecule has 0 rings (SSSR count). The molecule has 4 heteroatoms. The van der Waals surface area contributed by atoms with Crippen molar-refractivity contribution in [2.45, 2.75) is 45.2 Å². The van der Waals surface area contributed by atoms with Gasteiger partial charge in [0.05, 0.1) is 7.11 Å². The van der Waals surface area contributed by atoms with Crippen LogP contribution in [0.2, 0.25) is 0 Å². The van der Waals surface area contributed by atoms with E-state index in [1.54, 1.807) is 7.05 Å². The number of hydrogen-bond donors (Lipinski definition) is 1. The standard InChI is InChI=1S/C12H26N2O2/c1-6-10(7-2)14(4)9-8-11(13-3)12(15)16-5/h10-11,13H,6-9H2,1-5H3. The maximum atomic E-state index is 11.4. The van der Waals surface area contributed by atoms with Crippen LogP contribution in [0.1, 0.15) is 33.1 Å². The van der Waals surface area contributed by atoms with E-state index in [0.717, 1.165) is 25.8 Å². The van der Waals surface area contributed by atoms with E-state index in [0.29, 0.717) is 6.04 Å². The fourth-order valence-electron chi connectivity index (χ4n) is 1.95. The Balaban J connectivity index is 4.05. The minimum absolute atomic E-state index is 0.180. The van der Waals surface area contributed by atoms with Crippen LogP contribution >= 0.6 is 0 Å². The SMILES string of the molecule is CCC(CC)N(C)CCC(NC)C(=O)OC. The Hall–Kier alpha value is -0.610. The fourth-order valence-corrected chi connectivity index (χ4v) is 1.95. The lowest BCUT2D eigenvalue weighted by Gasteiger charge is -2.27. The molecule has 96 valence electrons. The summed E-state index contributed by atoms with van der Waals surface area (Å²) in [6.07, 6.45) is 3.08. The third-order valence-electron chi connectivity index (χ3n) is 3.17. The van der Waals surface area contributed by atoms with Crippen LogP contribution in [0.3, 0.4) is 0 Å². The third-order valence-corrected chi connectivity index (χ3v) is 3.17. The van der Waals surface area contributed by atoms with Crippen molar-refractivity contribution >= 4 is 5.97 Å². The summed E-state index contributed by atoms with van der Waals surface area (Å²) in [6, 6.07) is 0.414. The van der Waals surface area contributed by atoms with Gasteiger partial charge in [-0.3, -0.25) is 4.79 Å². The van der Waals surface area contributed by atoms with Crippen molar-refractivity contribution in [3.05, 3.63) is 0 Å². The van der Waals surface area contributed by atoms with Gasteiger partial charge in [-0.25, -0.2) is 0 Å². The molecule has 0 aromatic rings. The van der Waals surface area contributed by atoms with Crippen molar-refractivity contribution in [3.8, 4) is 0 Å². The molecule has 0 saturated heterocycles.